The van der Waals surface area contributed by atoms with E-state index in [9.17, 15) is 19.8 Å². The molecule has 0 aromatic heterocycles. The Labute approximate surface area is 213 Å². The van der Waals surface area contributed by atoms with Crippen molar-refractivity contribution >= 4 is 12.0 Å². The van der Waals surface area contributed by atoms with Crippen molar-refractivity contribution in [3.05, 3.63) is 29.3 Å². The molecule has 2 amide bonds. The summed E-state index contributed by atoms with van der Waals surface area (Å²) in [6.07, 6.45) is 0.456. The van der Waals surface area contributed by atoms with Crippen LogP contribution >= 0.6 is 0 Å². The molecule has 2 aliphatic rings. The lowest BCUT2D eigenvalue weighted by Crippen LogP contribution is -2.56. The van der Waals surface area contributed by atoms with E-state index in [4.69, 9.17) is 14.2 Å². The summed E-state index contributed by atoms with van der Waals surface area (Å²) < 4.78 is 16.1. The number of β-amino-alcohol motifs (C(OH)–C–C–N with tert-alkyl or cyclic N) is 2. The van der Waals surface area contributed by atoms with Gasteiger partial charge in [0.25, 0.3) is 0 Å². The van der Waals surface area contributed by atoms with Gasteiger partial charge < -0.3 is 34.2 Å². The van der Waals surface area contributed by atoms with Gasteiger partial charge >= 0.3 is 6.09 Å². The molecule has 0 aliphatic carbocycles. The Kier molecular flexibility index (Phi) is 9.57. The summed E-state index contributed by atoms with van der Waals surface area (Å²) in [5.74, 6) is 0.451. The lowest BCUT2D eigenvalue weighted by atomic mass is 9.90. The van der Waals surface area contributed by atoms with Crippen molar-refractivity contribution in [3.63, 3.8) is 0 Å². The van der Waals surface area contributed by atoms with Crippen molar-refractivity contribution in [2.75, 3.05) is 72.7 Å². The SMILES string of the molecule is CCOC(=O)N1CCC(O)(CN2CCN(C(=O)COC)CC(O)(COc3ccc(C)c(C)c3)C2)CC1. The van der Waals surface area contributed by atoms with Gasteiger partial charge in [-0.05, 0) is 56.9 Å². The molecule has 2 aliphatic heterocycles. The molecule has 2 saturated heterocycles. The minimum absolute atomic E-state index is 0.00215. The molecule has 10 heteroatoms. The lowest BCUT2D eigenvalue weighted by Gasteiger charge is -2.41. The second kappa shape index (κ2) is 12.2. The van der Waals surface area contributed by atoms with Crippen LogP contribution in [-0.2, 0) is 14.3 Å². The summed E-state index contributed by atoms with van der Waals surface area (Å²) in [6.45, 7) is 8.40. The van der Waals surface area contributed by atoms with Crippen molar-refractivity contribution in [1.82, 2.24) is 14.7 Å². The first kappa shape index (κ1) is 28.2. The van der Waals surface area contributed by atoms with Crippen LogP contribution in [0.2, 0.25) is 0 Å². The predicted molar refractivity (Wildman–Crippen MR) is 134 cm³/mol. The number of nitrogens with zero attached hydrogens (tertiary/aromatic N) is 3. The highest BCUT2D eigenvalue weighted by Gasteiger charge is 2.41. The Morgan fingerprint density at radius 2 is 1.69 bits per heavy atom. The van der Waals surface area contributed by atoms with Crippen LogP contribution in [0.4, 0.5) is 4.79 Å². The van der Waals surface area contributed by atoms with Crippen LogP contribution in [0.1, 0.15) is 30.9 Å². The molecule has 1 atom stereocenters. The molecule has 0 bridgehead atoms. The van der Waals surface area contributed by atoms with Gasteiger partial charge in [0.2, 0.25) is 5.91 Å². The highest BCUT2D eigenvalue weighted by molar-refractivity contribution is 5.77. The van der Waals surface area contributed by atoms with E-state index >= 15 is 0 Å². The number of amides is 2. The van der Waals surface area contributed by atoms with E-state index in [1.165, 1.54) is 7.11 Å². The first-order valence-corrected chi connectivity index (χ1v) is 12.6. The first-order chi connectivity index (χ1) is 17.1. The van der Waals surface area contributed by atoms with Crippen molar-refractivity contribution in [2.45, 2.75) is 44.8 Å². The number of ether oxygens (including phenoxy) is 3. The maximum absolute atomic E-state index is 12.6. The molecule has 0 saturated carbocycles. The Balaban J connectivity index is 1.69. The molecule has 36 heavy (non-hydrogen) atoms. The van der Waals surface area contributed by atoms with Gasteiger partial charge in [-0.1, -0.05) is 6.07 Å². The summed E-state index contributed by atoms with van der Waals surface area (Å²) in [7, 11) is 1.47. The molecule has 2 fully saturated rings. The average molecular weight is 508 g/mol. The minimum atomic E-state index is -1.35. The number of carbonyl (C=O) groups excluding carboxylic acids is 2. The van der Waals surface area contributed by atoms with E-state index in [0.29, 0.717) is 57.9 Å². The van der Waals surface area contributed by atoms with Gasteiger partial charge in [-0.25, -0.2) is 4.79 Å². The van der Waals surface area contributed by atoms with Crippen molar-refractivity contribution in [2.24, 2.45) is 0 Å². The second-order valence-electron chi connectivity index (χ2n) is 10.1. The van der Waals surface area contributed by atoms with Gasteiger partial charge in [-0.15, -0.1) is 0 Å². The fraction of sp³-hybridized carbons (Fsp3) is 0.692. The van der Waals surface area contributed by atoms with Gasteiger partial charge in [-0.2, -0.15) is 0 Å². The summed E-state index contributed by atoms with van der Waals surface area (Å²) in [6, 6.07) is 5.77. The molecule has 2 heterocycles. The highest BCUT2D eigenvalue weighted by Crippen LogP contribution is 2.26. The van der Waals surface area contributed by atoms with Crippen molar-refractivity contribution in [3.8, 4) is 5.75 Å². The monoisotopic (exact) mass is 507 g/mol. The smallest absolute Gasteiger partial charge is 0.409 e. The fourth-order valence-electron chi connectivity index (χ4n) is 4.81. The molecule has 1 unspecified atom stereocenters. The van der Waals surface area contributed by atoms with Crippen LogP contribution in [0.3, 0.4) is 0 Å². The van der Waals surface area contributed by atoms with E-state index < -0.39 is 11.2 Å². The van der Waals surface area contributed by atoms with E-state index in [1.807, 2.05) is 36.9 Å². The maximum Gasteiger partial charge on any atom is 0.409 e. The molecule has 3 rings (SSSR count). The number of piperidine rings is 1. The summed E-state index contributed by atoms with van der Waals surface area (Å²) in [4.78, 5) is 29.9. The standard InChI is InChI=1S/C26H41N3O7/c1-5-35-24(31)28-10-8-25(32,9-11-28)16-27-12-13-29(23(30)15-34-4)18-26(33,17-27)19-36-22-7-6-20(2)21(3)14-22/h6-7,14,32-33H,5,8-13,15-19H2,1-4H3. The molecule has 0 spiro atoms. The number of hydrogen-bond acceptors (Lipinski definition) is 8. The van der Waals surface area contributed by atoms with Crippen LogP contribution in [0.15, 0.2) is 18.2 Å². The number of aryl methyl sites for hydroxylation is 2. The molecule has 10 nitrogen and oxygen atoms in total. The van der Waals surface area contributed by atoms with Gasteiger partial charge in [0.05, 0.1) is 18.8 Å². The molecule has 0 radical (unpaired) electrons. The minimum Gasteiger partial charge on any atom is -0.490 e. The highest BCUT2D eigenvalue weighted by atomic mass is 16.6. The normalized spacial score (nSPS) is 22.7. The molecule has 2 N–H and O–H groups in total. The van der Waals surface area contributed by atoms with E-state index in [-0.39, 0.29) is 38.3 Å². The summed E-state index contributed by atoms with van der Waals surface area (Å²) >= 11 is 0. The Bertz CT molecular complexity index is 904. The van der Waals surface area contributed by atoms with Crippen LogP contribution in [0.25, 0.3) is 0 Å². The summed E-state index contributed by atoms with van der Waals surface area (Å²) in [5, 5.41) is 22.9. The predicted octanol–water partition coefficient (Wildman–Crippen LogP) is 1.19. The number of carbonyl (C=O) groups is 2. The van der Waals surface area contributed by atoms with Gasteiger partial charge in [0.15, 0.2) is 0 Å². The quantitative estimate of drug-likeness (QED) is 0.540. The Morgan fingerprint density at radius 1 is 0.972 bits per heavy atom. The fourth-order valence-corrected chi connectivity index (χ4v) is 4.81. The number of hydrogen-bond donors (Lipinski definition) is 2. The van der Waals surface area contributed by atoms with Crippen LogP contribution in [0, 0.1) is 13.8 Å². The number of likely N-dealkylation sites (tertiary alicyclic amines) is 1. The largest absolute Gasteiger partial charge is 0.490 e. The van der Waals surface area contributed by atoms with Gasteiger partial charge in [-0.3, -0.25) is 9.69 Å². The third-order valence-corrected chi connectivity index (χ3v) is 7.03. The third-order valence-electron chi connectivity index (χ3n) is 7.03. The first-order valence-electron chi connectivity index (χ1n) is 12.6. The van der Waals surface area contributed by atoms with E-state index in [0.717, 1.165) is 11.1 Å². The van der Waals surface area contributed by atoms with Crippen LogP contribution < -0.4 is 4.74 Å². The zero-order chi connectivity index (χ0) is 26.3. The molecule has 202 valence electrons. The average Bonchev–Trinajstić information content (AvgIpc) is 2.99. The Hall–Kier alpha value is -2.40. The van der Waals surface area contributed by atoms with Crippen molar-refractivity contribution < 1.29 is 34.0 Å². The molecule has 1 aromatic rings. The summed E-state index contributed by atoms with van der Waals surface area (Å²) in [5.41, 5.74) is -0.110. The molecule has 1 aromatic carbocycles. The number of rotatable bonds is 8. The topological polar surface area (TPSA) is 112 Å². The number of methoxy groups -OCH3 is 1. The van der Waals surface area contributed by atoms with Gasteiger partial charge in [0.1, 0.15) is 24.6 Å². The van der Waals surface area contributed by atoms with Crippen LogP contribution in [-0.4, -0.2) is 121 Å². The number of benzene rings is 1. The van der Waals surface area contributed by atoms with E-state index in [2.05, 4.69) is 0 Å². The van der Waals surface area contributed by atoms with Gasteiger partial charge in [0, 0.05) is 46.4 Å². The van der Waals surface area contributed by atoms with E-state index in [1.54, 1.807) is 16.7 Å². The molecular formula is C26H41N3O7. The third kappa shape index (κ3) is 7.55. The Morgan fingerprint density at radius 3 is 2.33 bits per heavy atom. The zero-order valence-corrected chi connectivity index (χ0v) is 22.0. The molecular weight excluding hydrogens is 466 g/mol. The van der Waals surface area contributed by atoms with Crippen molar-refractivity contribution in [1.29, 1.82) is 0 Å². The van der Waals surface area contributed by atoms with Crippen LogP contribution in [0.5, 0.6) is 5.75 Å². The second-order valence-corrected chi connectivity index (χ2v) is 10.1. The maximum atomic E-state index is 12.6. The lowest BCUT2D eigenvalue weighted by molar-refractivity contribution is -0.138. The zero-order valence-electron chi connectivity index (χ0n) is 22.0. The number of aliphatic hydroxyl groups is 2.